The van der Waals surface area contributed by atoms with Gasteiger partial charge in [0.1, 0.15) is 0 Å². The van der Waals surface area contributed by atoms with E-state index < -0.39 is 34.4 Å². The largest absolute Gasteiger partial charge is 0.309 e. The summed E-state index contributed by atoms with van der Waals surface area (Å²) < 4.78 is 65.5. The van der Waals surface area contributed by atoms with E-state index in [1.165, 1.54) is 12.1 Å². The van der Waals surface area contributed by atoms with E-state index in [4.69, 9.17) is 0 Å². The Bertz CT molecular complexity index is 2630. The zero-order chi connectivity index (χ0) is 33.2. The number of nitrogens with zero attached hydrogens (tertiary/aromatic N) is 1. The van der Waals surface area contributed by atoms with E-state index in [0.717, 1.165) is 55.1 Å². The molecule has 5 heteroatoms. The highest BCUT2D eigenvalue weighted by Crippen LogP contribution is 2.47. The summed E-state index contributed by atoms with van der Waals surface area (Å²) in [6, 6.07) is 47.2. The Morgan fingerprint density at radius 2 is 0.755 bits per heavy atom. The zero-order valence-corrected chi connectivity index (χ0v) is 25.9. The summed E-state index contributed by atoms with van der Waals surface area (Å²) in [6.45, 7) is 0. The normalized spacial score (nSPS) is 11.7. The average Bonchev–Trinajstić information content (AvgIpc) is 3.50. The molecule has 234 valence electrons. The van der Waals surface area contributed by atoms with E-state index in [1.807, 2.05) is 54.6 Å². The lowest BCUT2D eigenvalue weighted by atomic mass is 9.90. The molecule has 0 saturated carbocycles. The monoisotopic (exact) mass is 643 g/mol. The Kier molecular flexibility index (Phi) is 6.63. The van der Waals surface area contributed by atoms with E-state index in [-0.39, 0.29) is 11.1 Å². The van der Waals surface area contributed by atoms with Crippen molar-refractivity contribution in [2.45, 2.75) is 0 Å². The van der Waals surface area contributed by atoms with Gasteiger partial charge in [-0.15, -0.1) is 0 Å². The summed E-state index contributed by atoms with van der Waals surface area (Å²) in [7, 11) is 0. The summed E-state index contributed by atoms with van der Waals surface area (Å²) in [4.78, 5) is 0. The summed E-state index contributed by atoms with van der Waals surface area (Å²) in [5.74, 6) is -5.72. The molecule has 0 saturated heterocycles. The maximum Gasteiger partial charge on any atom is 0.170 e. The molecule has 1 aromatic heterocycles. The van der Waals surface area contributed by atoms with Crippen molar-refractivity contribution in [3.05, 3.63) is 175 Å². The number of halogens is 4. The molecule has 0 radical (unpaired) electrons. The minimum atomic E-state index is -1.43. The van der Waals surface area contributed by atoms with Crippen LogP contribution in [0.1, 0.15) is 0 Å². The van der Waals surface area contributed by atoms with Crippen LogP contribution in [0.2, 0.25) is 0 Å². The van der Waals surface area contributed by atoms with Crippen LogP contribution in [0.4, 0.5) is 17.6 Å². The lowest BCUT2D eigenvalue weighted by Gasteiger charge is -2.15. The van der Waals surface area contributed by atoms with E-state index in [9.17, 15) is 0 Å². The Labute approximate surface area is 279 Å². The van der Waals surface area contributed by atoms with Gasteiger partial charge in [-0.25, -0.2) is 17.6 Å². The van der Waals surface area contributed by atoms with Gasteiger partial charge in [-0.2, -0.15) is 0 Å². The predicted molar refractivity (Wildman–Crippen MR) is 191 cm³/mol. The van der Waals surface area contributed by atoms with Gasteiger partial charge < -0.3 is 4.57 Å². The number of hydrogen-bond acceptors (Lipinski definition) is 0. The van der Waals surface area contributed by atoms with Crippen LogP contribution in [-0.4, -0.2) is 4.57 Å². The van der Waals surface area contributed by atoms with Crippen LogP contribution in [-0.2, 0) is 0 Å². The molecule has 8 aromatic carbocycles. The van der Waals surface area contributed by atoms with Crippen molar-refractivity contribution in [3.8, 4) is 50.2 Å². The molecule has 9 rings (SSSR count). The van der Waals surface area contributed by atoms with Crippen molar-refractivity contribution in [2.75, 3.05) is 0 Å². The second-order valence-corrected chi connectivity index (χ2v) is 12.2. The lowest BCUT2D eigenvalue weighted by Crippen LogP contribution is -2.04. The van der Waals surface area contributed by atoms with Crippen molar-refractivity contribution >= 4 is 32.6 Å². The van der Waals surface area contributed by atoms with Gasteiger partial charge in [0.25, 0.3) is 0 Å². The second kappa shape index (κ2) is 11.2. The molecule has 0 spiro atoms. The highest BCUT2D eigenvalue weighted by Gasteiger charge is 2.29. The van der Waals surface area contributed by atoms with Crippen molar-refractivity contribution in [3.63, 3.8) is 0 Å². The van der Waals surface area contributed by atoms with E-state index in [1.54, 1.807) is 36.4 Å². The molecule has 0 unspecified atom stereocenters. The van der Waals surface area contributed by atoms with Crippen molar-refractivity contribution in [1.82, 2.24) is 4.57 Å². The molecule has 0 aliphatic rings. The van der Waals surface area contributed by atoms with Crippen molar-refractivity contribution in [1.29, 1.82) is 0 Å². The van der Waals surface area contributed by atoms with Gasteiger partial charge >= 0.3 is 0 Å². The van der Waals surface area contributed by atoms with Crippen molar-refractivity contribution < 1.29 is 17.6 Å². The first-order chi connectivity index (χ1) is 24.0. The van der Waals surface area contributed by atoms with Crippen LogP contribution in [0, 0.1) is 23.3 Å². The Morgan fingerprint density at radius 1 is 0.327 bits per heavy atom. The van der Waals surface area contributed by atoms with Gasteiger partial charge in [-0.3, -0.25) is 0 Å². The molecular weight excluding hydrogens is 618 g/mol. The third-order valence-electron chi connectivity index (χ3n) is 9.51. The molecule has 1 nitrogen and oxygen atoms in total. The van der Waals surface area contributed by atoms with Gasteiger partial charge in [0.05, 0.1) is 22.2 Å². The smallest absolute Gasteiger partial charge is 0.170 e. The number of hydrogen-bond donors (Lipinski definition) is 0. The minimum Gasteiger partial charge on any atom is -0.309 e. The average molecular weight is 644 g/mol. The zero-order valence-electron chi connectivity index (χ0n) is 25.9. The molecule has 0 bridgehead atoms. The SMILES string of the molecule is Fc1c(F)c(-c2ccc3c4c2ccc2c(-c5ccc(-c6ccccc6)cc5)ccc(c24)n3-c2ccccc2)c(F)c(F)c1-c1ccccc1. The van der Waals surface area contributed by atoms with E-state index >= 15 is 17.6 Å². The maximum absolute atomic E-state index is 16.0. The van der Waals surface area contributed by atoms with Gasteiger partial charge in [0.15, 0.2) is 23.3 Å². The summed E-state index contributed by atoms with van der Waals surface area (Å²) >= 11 is 0. The van der Waals surface area contributed by atoms with Crippen LogP contribution < -0.4 is 0 Å². The molecular formula is C44H25F4N. The fourth-order valence-electron chi connectivity index (χ4n) is 7.28. The Hall–Kier alpha value is -6.20. The number of aromatic nitrogens is 1. The molecule has 0 aliphatic heterocycles. The topological polar surface area (TPSA) is 4.93 Å². The number of rotatable bonds is 5. The van der Waals surface area contributed by atoms with Gasteiger partial charge in [0.2, 0.25) is 0 Å². The Balaban J connectivity index is 1.31. The van der Waals surface area contributed by atoms with Gasteiger partial charge in [0, 0.05) is 16.5 Å². The molecule has 0 N–H and O–H groups in total. The molecule has 1 heterocycles. The van der Waals surface area contributed by atoms with E-state index in [2.05, 4.69) is 53.1 Å². The first-order valence-corrected chi connectivity index (χ1v) is 16.0. The lowest BCUT2D eigenvalue weighted by molar-refractivity contribution is 0.463. The second-order valence-electron chi connectivity index (χ2n) is 12.2. The number of para-hydroxylation sites is 1. The summed E-state index contributed by atoms with van der Waals surface area (Å²) in [6.07, 6.45) is 0. The minimum absolute atomic E-state index is 0.0541. The van der Waals surface area contributed by atoms with Gasteiger partial charge in [-0.05, 0) is 68.4 Å². The van der Waals surface area contributed by atoms with Crippen LogP contribution in [0.15, 0.2) is 152 Å². The van der Waals surface area contributed by atoms with Crippen LogP contribution >= 0.6 is 0 Å². The molecule has 0 aliphatic carbocycles. The van der Waals surface area contributed by atoms with Crippen LogP contribution in [0.5, 0.6) is 0 Å². The van der Waals surface area contributed by atoms with Crippen LogP contribution in [0.25, 0.3) is 82.8 Å². The predicted octanol–water partition coefficient (Wildman–Crippen LogP) is 12.6. The van der Waals surface area contributed by atoms with Gasteiger partial charge in [-0.1, -0.05) is 127 Å². The quantitative estimate of drug-likeness (QED) is 0.0999. The molecule has 0 atom stereocenters. The number of benzene rings is 8. The standard InChI is InChI=1S/C44H25F4N/c45-41-37(29-12-6-2-7-13-29)42(46)44(48)40(43(41)47)34-23-25-36-39-33(34)21-20-32-31(28-18-16-27(17-19-28)26-10-4-1-5-11-26)22-24-35(38(32)39)49(36)30-14-8-3-9-15-30/h1-25H. The first-order valence-electron chi connectivity index (χ1n) is 16.0. The molecule has 9 aromatic rings. The third-order valence-corrected chi connectivity index (χ3v) is 9.51. The fraction of sp³-hybridized carbons (Fsp3) is 0. The fourth-order valence-corrected chi connectivity index (χ4v) is 7.28. The first kappa shape index (κ1) is 29.0. The maximum atomic E-state index is 16.0. The van der Waals surface area contributed by atoms with Crippen LogP contribution in [0.3, 0.4) is 0 Å². The molecule has 49 heavy (non-hydrogen) atoms. The highest BCUT2D eigenvalue weighted by atomic mass is 19.2. The molecule has 0 fully saturated rings. The van der Waals surface area contributed by atoms with E-state index in [0.29, 0.717) is 5.39 Å². The third kappa shape index (κ3) is 4.39. The molecule has 0 amide bonds. The summed E-state index contributed by atoms with van der Waals surface area (Å²) in [5, 5.41) is 3.09. The Morgan fingerprint density at radius 3 is 1.33 bits per heavy atom. The highest BCUT2D eigenvalue weighted by molar-refractivity contribution is 6.28. The summed E-state index contributed by atoms with van der Waals surface area (Å²) in [5.41, 5.74) is 5.53. The van der Waals surface area contributed by atoms with Crippen molar-refractivity contribution in [2.24, 2.45) is 0 Å².